The molecule has 2 aliphatic rings. The normalized spacial score (nSPS) is 24.2. The van der Waals surface area contributed by atoms with Crippen molar-refractivity contribution in [2.24, 2.45) is 5.92 Å². The van der Waals surface area contributed by atoms with Gasteiger partial charge in [0.2, 0.25) is 0 Å². The number of para-hydroxylation sites is 1. The van der Waals surface area contributed by atoms with Gasteiger partial charge < -0.3 is 14.0 Å². The smallest absolute Gasteiger partial charge is 0.345 e. The molecule has 7 heteroatoms. The highest BCUT2D eigenvalue weighted by Crippen LogP contribution is 2.39. The summed E-state index contributed by atoms with van der Waals surface area (Å²) in [5.41, 5.74) is 2.67. The number of hydrogen-bond acceptors (Lipinski definition) is 4. The van der Waals surface area contributed by atoms with Crippen LogP contribution in [0.5, 0.6) is 0 Å². The largest absolute Gasteiger partial charge is 0.465 e. The van der Waals surface area contributed by atoms with E-state index in [-0.39, 0.29) is 18.1 Å². The first-order chi connectivity index (χ1) is 14.4. The van der Waals surface area contributed by atoms with E-state index in [4.69, 9.17) is 4.74 Å². The van der Waals surface area contributed by atoms with Crippen molar-refractivity contribution < 1.29 is 23.0 Å². The predicted octanol–water partition coefficient (Wildman–Crippen LogP) is 4.78. The second kappa shape index (κ2) is 8.63. The molecule has 1 saturated heterocycles. The van der Waals surface area contributed by atoms with Gasteiger partial charge in [0.1, 0.15) is 0 Å². The Kier molecular flexibility index (Phi) is 6.11. The molecule has 5 nitrogen and oxygen atoms in total. The molecule has 0 unspecified atom stereocenters. The van der Waals surface area contributed by atoms with E-state index in [2.05, 4.69) is 27.2 Å². The van der Waals surface area contributed by atoms with Crippen molar-refractivity contribution >= 4 is 16.9 Å². The summed E-state index contributed by atoms with van der Waals surface area (Å²) >= 11 is 0. The summed E-state index contributed by atoms with van der Waals surface area (Å²) in [5, 5.41) is 0.938. The quantitative estimate of drug-likeness (QED) is 0.631. The molecule has 0 amide bonds. The summed E-state index contributed by atoms with van der Waals surface area (Å²) in [6, 6.07) is 8.73. The number of aromatic nitrogens is 1. The number of carbonyl (C=O) groups is 1. The molecule has 1 aliphatic heterocycles. The Bertz CT molecular complexity index is 899. The van der Waals surface area contributed by atoms with Crippen molar-refractivity contribution in [2.45, 2.75) is 64.3 Å². The number of hydrogen-bond donors (Lipinski definition) is 0. The van der Waals surface area contributed by atoms with Crippen LogP contribution in [0.3, 0.4) is 0 Å². The number of nitrogens with zero attached hydrogens (tertiary/aromatic N) is 2. The number of alkyl halides is 2. The molecule has 0 bridgehead atoms. The van der Waals surface area contributed by atoms with E-state index in [0.717, 1.165) is 42.3 Å². The van der Waals surface area contributed by atoms with Gasteiger partial charge in [-0.05, 0) is 51.5 Å². The van der Waals surface area contributed by atoms with Crippen LogP contribution in [0.1, 0.15) is 54.7 Å². The maximum Gasteiger partial charge on any atom is 0.345 e. The van der Waals surface area contributed by atoms with Crippen molar-refractivity contribution in [3.8, 4) is 0 Å². The first-order valence-electron chi connectivity index (χ1n) is 10.8. The van der Waals surface area contributed by atoms with Crippen LogP contribution in [0.2, 0.25) is 0 Å². The Morgan fingerprint density at radius 2 is 1.80 bits per heavy atom. The van der Waals surface area contributed by atoms with Gasteiger partial charge in [0.05, 0.1) is 18.8 Å². The highest BCUT2D eigenvalue weighted by molar-refractivity contribution is 6.05. The van der Waals surface area contributed by atoms with Crippen molar-refractivity contribution in [3.63, 3.8) is 0 Å². The summed E-state index contributed by atoms with van der Waals surface area (Å²) in [6.45, 7) is 2.78. The lowest BCUT2D eigenvalue weighted by Crippen LogP contribution is -2.57. The van der Waals surface area contributed by atoms with E-state index in [9.17, 15) is 13.6 Å². The van der Waals surface area contributed by atoms with Gasteiger partial charge in [-0.1, -0.05) is 18.2 Å². The van der Waals surface area contributed by atoms with E-state index in [1.165, 1.54) is 7.11 Å². The third-order valence-electron chi connectivity index (χ3n) is 7.06. The molecule has 2 fully saturated rings. The number of benzene rings is 1. The lowest BCUT2D eigenvalue weighted by Gasteiger charge is -2.46. The second-order valence-electron chi connectivity index (χ2n) is 8.62. The van der Waals surface area contributed by atoms with Gasteiger partial charge >= 0.3 is 12.6 Å². The summed E-state index contributed by atoms with van der Waals surface area (Å²) in [4.78, 5) is 14.7. The average molecular weight is 421 g/mol. The molecule has 1 aliphatic carbocycles. The van der Waals surface area contributed by atoms with E-state index in [1.807, 2.05) is 25.1 Å². The summed E-state index contributed by atoms with van der Waals surface area (Å²) < 4.78 is 36.6. The monoisotopic (exact) mass is 420 g/mol. The molecule has 2 heterocycles. The Hall–Kier alpha value is -1.99. The molecule has 0 radical (unpaired) electrons. The highest BCUT2D eigenvalue weighted by Gasteiger charge is 2.37. The van der Waals surface area contributed by atoms with Gasteiger partial charge in [0.15, 0.2) is 0 Å². The van der Waals surface area contributed by atoms with Gasteiger partial charge in [-0.15, -0.1) is 0 Å². The van der Waals surface area contributed by atoms with Crippen molar-refractivity contribution in [1.82, 2.24) is 9.47 Å². The number of fused-ring (bicyclic) bond motifs is 1. The summed E-state index contributed by atoms with van der Waals surface area (Å²) in [5.74, 6) is 0.215. The molecule has 0 N–H and O–H groups in total. The van der Waals surface area contributed by atoms with Gasteiger partial charge in [-0.3, -0.25) is 4.90 Å². The fourth-order valence-electron chi connectivity index (χ4n) is 5.44. The minimum Gasteiger partial charge on any atom is -0.465 e. The number of likely N-dealkylation sites (tertiary alicyclic amines) is 1. The zero-order valence-corrected chi connectivity index (χ0v) is 17.8. The van der Waals surface area contributed by atoms with E-state index in [1.54, 1.807) is 0 Å². The zero-order chi connectivity index (χ0) is 21.4. The van der Waals surface area contributed by atoms with Crippen molar-refractivity contribution in [3.05, 3.63) is 35.5 Å². The van der Waals surface area contributed by atoms with Gasteiger partial charge in [-0.2, -0.15) is 8.78 Å². The molecular formula is C23H30F2N2O3. The Morgan fingerprint density at radius 1 is 1.13 bits per heavy atom. The lowest BCUT2D eigenvalue weighted by molar-refractivity contribution is -0.202. The van der Waals surface area contributed by atoms with Crippen molar-refractivity contribution in [1.29, 1.82) is 0 Å². The molecule has 1 saturated carbocycles. The fraction of sp³-hybridized carbons (Fsp3) is 0.609. The van der Waals surface area contributed by atoms with E-state index < -0.39 is 6.61 Å². The van der Waals surface area contributed by atoms with Crippen LogP contribution in [0.15, 0.2) is 24.3 Å². The number of esters is 1. The van der Waals surface area contributed by atoms with Gasteiger partial charge in [0, 0.05) is 41.8 Å². The van der Waals surface area contributed by atoms with Crippen LogP contribution >= 0.6 is 0 Å². The van der Waals surface area contributed by atoms with Crippen molar-refractivity contribution in [2.75, 3.05) is 20.2 Å². The summed E-state index contributed by atoms with van der Waals surface area (Å²) in [7, 11) is 1.42. The molecule has 30 heavy (non-hydrogen) atoms. The number of ether oxygens (including phenoxy) is 2. The lowest BCUT2D eigenvalue weighted by atomic mass is 9.80. The standard InChI is InChI=1S/C23H30F2N2O3/c1-14(16-8-10-17(11-9-16)26-12-18(13-26)30-23(24)25)27-15(2)21(22(28)29-3)19-6-4-5-7-20(19)27/h4-7,14,16-18,23H,8-13H2,1-3H3/t14-,16?,17?/m1/s1. The Morgan fingerprint density at radius 3 is 2.43 bits per heavy atom. The van der Waals surface area contributed by atoms with E-state index >= 15 is 0 Å². The predicted molar refractivity (Wildman–Crippen MR) is 111 cm³/mol. The number of halogens is 2. The molecule has 1 aromatic heterocycles. The SMILES string of the molecule is COC(=O)c1c(C)n([C@H](C)C2CCC(N3CC(OC(F)F)C3)CC2)c2ccccc12. The fourth-order valence-corrected chi connectivity index (χ4v) is 5.44. The molecule has 1 aromatic carbocycles. The van der Waals surface area contributed by atoms with Crippen LogP contribution < -0.4 is 0 Å². The topological polar surface area (TPSA) is 43.7 Å². The minimum atomic E-state index is -2.68. The van der Waals surface area contributed by atoms with Crippen LogP contribution in [0.4, 0.5) is 8.78 Å². The zero-order valence-electron chi connectivity index (χ0n) is 17.8. The second-order valence-corrected chi connectivity index (χ2v) is 8.62. The molecular weight excluding hydrogens is 390 g/mol. The molecule has 4 rings (SSSR count). The van der Waals surface area contributed by atoms with Crippen LogP contribution in [-0.4, -0.2) is 54.4 Å². The van der Waals surface area contributed by atoms with Crippen LogP contribution in [-0.2, 0) is 9.47 Å². The highest BCUT2D eigenvalue weighted by atomic mass is 19.3. The molecule has 1 atom stereocenters. The van der Waals surface area contributed by atoms with E-state index in [0.29, 0.717) is 30.6 Å². The maximum absolute atomic E-state index is 12.4. The van der Waals surface area contributed by atoms with Gasteiger partial charge in [0.25, 0.3) is 0 Å². The summed E-state index contributed by atoms with van der Waals surface area (Å²) in [6.07, 6.45) is 3.98. The Labute approximate surface area is 175 Å². The number of carbonyl (C=O) groups excluding carboxylic acids is 1. The number of methoxy groups -OCH3 is 1. The molecule has 2 aromatic rings. The first kappa shape index (κ1) is 21.2. The maximum atomic E-state index is 12.4. The van der Waals surface area contributed by atoms with Gasteiger partial charge in [-0.25, -0.2) is 4.79 Å². The first-order valence-corrected chi connectivity index (χ1v) is 10.8. The van der Waals surface area contributed by atoms with Crippen LogP contribution in [0.25, 0.3) is 10.9 Å². The number of rotatable bonds is 6. The average Bonchev–Trinajstić information content (AvgIpc) is 3.01. The third-order valence-corrected chi connectivity index (χ3v) is 7.06. The Balaban J connectivity index is 1.45. The third kappa shape index (κ3) is 3.85. The molecule has 164 valence electrons. The molecule has 0 spiro atoms. The minimum absolute atomic E-state index is 0.264. The van der Waals surface area contributed by atoms with Crippen LogP contribution in [0, 0.1) is 12.8 Å².